The molecular formula is C13H10BrClN. The minimum Gasteiger partial charge on any atom is -0.281 e. The van der Waals surface area contributed by atoms with E-state index >= 15 is 0 Å². The molecule has 0 amide bonds. The maximum atomic E-state index is 5.99. The van der Waals surface area contributed by atoms with Crippen LogP contribution in [-0.4, -0.2) is 0 Å². The van der Waals surface area contributed by atoms with Crippen molar-refractivity contribution in [3.05, 3.63) is 63.6 Å². The van der Waals surface area contributed by atoms with E-state index in [1.54, 1.807) is 0 Å². The fourth-order valence-electron chi connectivity index (χ4n) is 1.35. The molecule has 81 valence electrons. The van der Waals surface area contributed by atoms with Gasteiger partial charge in [-0.2, -0.15) is 0 Å². The van der Waals surface area contributed by atoms with Gasteiger partial charge in [-0.1, -0.05) is 41.9 Å². The first-order chi connectivity index (χ1) is 7.75. The van der Waals surface area contributed by atoms with E-state index in [0.29, 0.717) is 11.6 Å². The molecule has 0 heterocycles. The Balaban J connectivity index is 2.03. The molecule has 16 heavy (non-hydrogen) atoms. The third-order valence-electron chi connectivity index (χ3n) is 2.19. The molecule has 2 aromatic carbocycles. The van der Waals surface area contributed by atoms with Gasteiger partial charge in [-0.25, -0.2) is 0 Å². The van der Waals surface area contributed by atoms with E-state index in [1.807, 2.05) is 36.4 Å². The van der Waals surface area contributed by atoms with Crippen molar-refractivity contribution >= 4 is 33.2 Å². The van der Waals surface area contributed by atoms with Gasteiger partial charge < -0.3 is 0 Å². The maximum absolute atomic E-state index is 5.99. The molecule has 3 heteroatoms. The molecule has 2 aromatic rings. The molecule has 0 atom stereocenters. The van der Waals surface area contributed by atoms with Gasteiger partial charge in [0.05, 0.1) is 17.3 Å². The summed E-state index contributed by atoms with van der Waals surface area (Å²) in [6.07, 6.45) is 0. The van der Waals surface area contributed by atoms with Gasteiger partial charge in [-0.15, -0.1) is 0 Å². The van der Waals surface area contributed by atoms with Crippen molar-refractivity contribution in [2.24, 2.45) is 0 Å². The normalized spacial score (nSPS) is 10.1. The summed E-state index contributed by atoms with van der Waals surface area (Å²) in [6.45, 7) is 0.679. The van der Waals surface area contributed by atoms with Gasteiger partial charge in [-0.3, -0.25) is 5.32 Å². The van der Waals surface area contributed by atoms with Crippen molar-refractivity contribution in [3.63, 3.8) is 0 Å². The smallest absolute Gasteiger partial charge is 0.0646 e. The van der Waals surface area contributed by atoms with Crippen molar-refractivity contribution in [3.8, 4) is 0 Å². The second kappa shape index (κ2) is 5.37. The van der Waals surface area contributed by atoms with E-state index < -0.39 is 0 Å². The molecule has 1 nitrogen and oxygen atoms in total. The van der Waals surface area contributed by atoms with Gasteiger partial charge in [-0.05, 0) is 39.7 Å². The van der Waals surface area contributed by atoms with Gasteiger partial charge in [0, 0.05) is 4.47 Å². The van der Waals surface area contributed by atoms with Crippen LogP contribution in [-0.2, 0) is 6.54 Å². The second-order valence-electron chi connectivity index (χ2n) is 3.40. The largest absolute Gasteiger partial charge is 0.281 e. The Hall–Kier alpha value is -0.990. The summed E-state index contributed by atoms with van der Waals surface area (Å²) in [4.78, 5) is 0. The van der Waals surface area contributed by atoms with E-state index in [4.69, 9.17) is 11.6 Å². The first kappa shape index (κ1) is 11.5. The number of hydrogen-bond acceptors (Lipinski definition) is 0. The highest BCUT2D eigenvalue weighted by atomic mass is 79.9. The molecule has 0 aliphatic heterocycles. The average Bonchev–Trinajstić information content (AvgIpc) is 2.32. The van der Waals surface area contributed by atoms with E-state index in [9.17, 15) is 0 Å². The molecule has 2 rings (SSSR count). The van der Waals surface area contributed by atoms with Gasteiger partial charge in [0.25, 0.3) is 0 Å². The second-order valence-corrected chi connectivity index (χ2v) is 4.66. The third kappa shape index (κ3) is 3.00. The summed E-state index contributed by atoms with van der Waals surface area (Å²) >= 11 is 9.34. The fourth-order valence-corrected chi connectivity index (χ4v) is 1.77. The maximum Gasteiger partial charge on any atom is 0.0646 e. The Morgan fingerprint density at radius 3 is 2.50 bits per heavy atom. The molecule has 0 fully saturated rings. The van der Waals surface area contributed by atoms with Crippen LogP contribution in [0.5, 0.6) is 0 Å². The van der Waals surface area contributed by atoms with Crippen molar-refractivity contribution in [1.29, 1.82) is 0 Å². The van der Waals surface area contributed by atoms with Crippen LogP contribution in [0.2, 0.25) is 5.02 Å². The van der Waals surface area contributed by atoms with Gasteiger partial charge >= 0.3 is 0 Å². The van der Waals surface area contributed by atoms with E-state index in [2.05, 4.69) is 33.4 Å². The zero-order valence-electron chi connectivity index (χ0n) is 8.53. The Bertz CT molecular complexity index is 471. The predicted octanol–water partition coefficient (Wildman–Crippen LogP) is 4.54. The number of benzene rings is 2. The van der Waals surface area contributed by atoms with E-state index in [1.165, 1.54) is 5.56 Å². The Morgan fingerprint density at radius 2 is 1.81 bits per heavy atom. The third-order valence-corrected chi connectivity index (χ3v) is 3.42. The SMILES string of the molecule is Clc1cc([N]Cc2ccccc2)ccc1Br. The molecule has 0 aliphatic carbocycles. The van der Waals surface area contributed by atoms with Crippen LogP contribution >= 0.6 is 27.5 Å². The fraction of sp³-hybridized carbons (Fsp3) is 0.0769. The monoisotopic (exact) mass is 294 g/mol. The molecule has 0 aliphatic rings. The highest BCUT2D eigenvalue weighted by Crippen LogP contribution is 2.25. The minimum atomic E-state index is 0.679. The van der Waals surface area contributed by atoms with Crippen LogP contribution in [0, 0.1) is 0 Å². The first-order valence-electron chi connectivity index (χ1n) is 4.92. The highest BCUT2D eigenvalue weighted by molar-refractivity contribution is 9.10. The molecule has 0 saturated heterocycles. The predicted molar refractivity (Wildman–Crippen MR) is 71.1 cm³/mol. The lowest BCUT2D eigenvalue weighted by molar-refractivity contribution is 0.863. The summed E-state index contributed by atoms with van der Waals surface area (Å²) < 4.78 is 0.896. The van der Waals surface area contributed by atoms with Crippen LogP contribution < -0.4 is 5.32 Å². The zero-order valence-corrected chi connectivity index (χ0v) is 10.9. The van der Waals surface area contributed by atoms with Crippen molar-refractivity contribution in [1.82, 2.24) is 5.32 Å². The van der Waals surface area contributed by atoms with Crippen molar-refractivity contribution in [2.75, 3.05) is 0 Å². The first-order valence-corrected chi connectivity index (χ1v) is 6.09. The van der Waals surface area contributed by atoms with Gasteiger partial charge in [0.2, 0.25) is 0 Å². The average molecular weight is 296 g/mol. The molecule has 0 aromatic heterocycles. The molecule has 0 saturated carbocycles. The summed E-state index contributed by atoms with van der Waals surface area (Å²) in [5, 5.41) is 5.16. The summed E-state index contributed by atoms with van der Waals surface area (Å²) in [5.74, 6) is 0. The van der Waals surface area contributed by atoms with E-state index in [0.717, 1.165) is 10.2 Å². The van der Waals surface area contributed by atoms with Crippen LogP contribution in [0.3, 0.4) is 0 Å². The van der Waals surface area contributed by atoms with Gasteiger partial charge in [0.1, 0.15) is 0 Å². The van der Waals surface area contributed by atoms with Crippen LogP contribution in [0.4, 0.5) is 5.69 Å². The summed E-state index contributed by atoms with van der Waals surface area (Å²) in [5.41, 5.74) is 2.10. The number of rotatable bonds is 3. The molecular weight excluding hydrogens is 286 g/mol. The number of nitrogens with zero attached hydrogens (tertiary/aromatic N) is 1. The van der Waals surface area contributed by atoms with Crippen molar-refractivity contribution in [2.45, 2.75) is 6.54 Å². The summed E-state index contributed by atoms with van der Waals surface area (Å²) in [6, 6.07) is 15.9. The number of halogens is 2. The topological polar surface area (TPSA) is 14.1 Å². The molecule has 0 bridgehead atoms. The molecule has 0 N–H and O–H groups in total. The lowest BCUT2D eigenvalue weighted by atomic mass is 10.2. The Morgan fingerprint density at radius 1 is 1.06 bits per heavy atom. The Labute approximate surface area is 109 Å². The molecule has 0 unspecified atom stereocenters. The zero-order chi connectivity index (χ0) is 11.4. The molecule has 1 radical (unpaired) electrons. The lowest BCUT2D eigenvalue weighted by Crippen LogP contribution is -1.97. The standard InChI is InChI=1S/C13H10BrClN/c14-12-7-6-11(8-13(12)15)16-9-10-4-2-1-3-5-10/h1-8H,9H2. The van der Waals surface area contributed by atoms with Crippen LogP contribution in [0.25, 0.3) is 0 Å². The summed E-state index contributed by atoms with van der Waals surface area (Å²) in [7, 11) is 0. The Kier molecular flexibility index (Phi) is 3.86. The quantitative estimate of drug-likeness (QED) is 0.789. The molecule has 0 spiro atoms. The highest BCUT2D eigenvalue weighted by Gasteiger charge is 2.00. The van der Waals surface area contributed by atoms with Crippen LogP contribution in [0.1, 0.15) is 5.56 Å². The van der Waals surface area contributed by atoms with Crippen molar-refractivity contribution < 1.29 is 0 Å². The number of hydrogen-bond donors (Lipinski definition) is 0. The van der Waals surface area contributed by atoms with Gasteiger partial charge in [0.15, 0.2) is 0 Å². The minimum absolute atomic E-state index is 0.679. The van der Waals surface area contributed by atoms with Crippen LogP contribution in [0.15, 0.2) is 53.0 Å². The lowest BCUT2D eigenvalue weighted by Gasteiger charge is -2.04. The van der Waals surface area contributed by atoms with E-state index in [-0.39, 0.29) is 0 Å².